The van der Waals surface area contributed by atoms with Gasteiger partial charge in [0.25, 0.3) is 23.6 Å². The van der Waals surface area contributed by atoms with E-state index >= 15 is 0 Å². The average molecular weight is 1400 g/mol. The highest BCUT2D eigenvalue weighted by Crippen LogP contribution is 2.38. The van der Waals surface area contributed by atoms with Crippen LogP contribution in [0.5, 0.6) is 17.4 Å². The zero-order chi connectivity index (χ0) is 72.4. The molecule has 0 bridgehead atoms. The lowest BCUT2D eigenvalue weighted by atomic mass is 9.83. The molecule has 102 heavy (non-hydrogen) atoms. The lowest BCUT2D eigenvalue weighted by Crippen LogP contribution is -2.38. The van der Waals surface area contributed by atoms with Gasteiger partial charge in [0.05, 0.1) is 59.0 Å². The molecule has 530 valence electrons. The first-order valence-electron chi connectivity index (χ1n) is 32.8. The van der Waals surface area contributed by atoms with Crippen molar-refractivity contribution < 1.29 is 64.8 Å². The van der Waals surface area contributed by atoms with Crippen LogP contribution < -0.4 is 41.8 Å². The number of fused-ring (bicyclic) bond motifs is 3. The summed E-state index contributed by atoms with van der Waals surface area (Å²) in [5.41, 5.74) is 13.3. The predicted molar refractivity (Wildman–Crippen MR) is 372 cm³/mol. The number of pyridine rings is 1. The molecule has 8 heterocycles. The van der Waals surface area contributed by atoms with E-state index in [9.17, 15) is 45.9 Å². The molecule has 13 rings (SSSR count). The van der Waals surface area contributed by atoms with E-state index in [-0.39, 0.29) is 52.8 Å². The molecule has 1 fully saturated rings. The second kappa shape index (κ2) is 31.7. The van der Waals surface area contributed by atoms with Gasteiger partial charge in [-0.2, -0.15) is 18.3 Å². The highest BCUT2D eigenvalue weighted by molar-refractivity contribution is 6.35. The molecule has 1 saturated heterocycles. The summed E-state index contributed by atoms with van der Waals surface area (Å²) in [6.45, 7) is 20.0. The summed E-state index contributed by atoms with van der Waals surface area (Å²) < 4.78 is 90.6. The van der Waals surface area contributed by atoms with Crippen LogP contribution in [0.25, 0.3) is 45.1 Å². The molecule has 3 aliphatic heterocycles. The number of likely N-dealkylation sites (N-methyl/N-ethyl adjacent to an activating group) is 1. The molecule has 10 aromatic rings. The van der Waals surface area contributed by atoms with E-state index < -0.39 is 35.2 Å². The standard InChI is InChI=1S/C29H30N8O5.C22H27FN4O2.C21H16F4N4O2/c1-2-37-24-17-25(31-18-23(24)33-28(37)26-27(30)35-42-34-26)41-22-5-3-4-20(16-22)32-29(38)19-6-8-21(9-7-19)40-15-12-36-10-13-39-14-11-36;1-5-27(6-2)10-9-24-22(29)20-13(3)19(25-14(20)4)12-17-16-11-15(23)7-8-18(16)26-21(17)28;1-10-19(20(31)28-17-6-12-9-26-29-16(12)8-15(17)22)14(7-18(30)27-10)11-2-4-13(5-3-11)21(23,24)25/h3-9,16-18H,2,10-15H2,1H3,(H2,30,35)(H,32,38);7-8,11-12,25H,5-6,9-10H2,1-4H3,(H,24,29)(H,26,28);2-6,8-9,14H,7H2,1H3,(H,26,29)(H,27,30)(H,28,31)/b;17-12-;. The van der Waals surface area contributed by atoms with Crippen molar-refractivity contribution in [3.05, 3.63) is 189 Å². The Morgan fingerprint density at radius 1 is 0.843 bits per heavy atom. The highest BCUT2D eigenvalue weighted by Gasteiger charge is 2.35. The number of ether oxygens (including phenoxy) is 3. The number of carbonyl (C=O) groups excluding carboxylic acids is 5. The van der Waals surface area contributed by atoms with Gasteiger partial charge in [0.2, 0.25) is 11.8 Å². The van der Waals surface area contributed by atoms with Crippen LogP contribution >= 0.6 is 0 Å². The van der Waals surface area contributed by atoms with E-state index in [0.717, 1.165) is 87.1 Å². The number of anilines is 4. The van der Waals surface area contributed by atoms with Gasteiger partial charge >= 0.3 is 6.18 Å². The molecule has 30 heteroatoms. The molecule has 5 aromatic heterocycles. The van der Waals surface area contributed by atoms with Crippen LogP contribution in [0.1, 0.15) is 94.4 Å². The summed E-state index contributed by atoms with van der Waals surface area (Å²) in [4.78, 5) is 79.7. The summed E-state index contributed by atoms with van der Waals surface area (Å²) in [6, 6.07) is 27.1. The van der Waals surface area contributed by atoms with Gasteiger partial charge in [0.15, 0.2) is 17.3 Å². The van der Waals surface area contributed by atoms with Gasteiger partial charge in [-0.3, -0.25) is 34.0 Å². The quantitative estimate of drug-likeness (QED) is 0.0260. The molecule has 9 N–H and O–H groups in total. The normalized spacial score (nSPS) is 14.9. The Hall–Kier alpha value is -11.6. The van der Waals surface area contributed by atoms with Gasteiger partial charge in [-0.15, -0.1) is 0 Å². The maximum absolute atomic E-state index is 14.4. The number of morpholine rings is 1. The number of allylic oxidation sites excluding steroid dienone is 1. The number of benzene rings is 5. The molecule has 0 spiro atoms. The Morgan fingerprint density at radius 2 is 1.61 bits per heavy atom. The zero-order valence-electron chi connectivity index (χ0n) is 56.4. The van der Waals surface area contributed by atoms with Crippen LogP contribution in [0.2, 0.25) is 0 Å². The molecule has 0 saturated carbocycles. The first-order chi connectivity index (χ1) is 49.0. The monoisotopic (exact) mass is 1400 g/mol. The van der Waals surface area contributed by atoms with Crippen molar-refractivity contribution in [2.75, 3.05) is 87.3 Å². The molecule has 25 nitrogen and oxygen atoms in total. The van der Waals surface area contributed by atoms with Gasteiger partial charge in [-0.25, -0.2) is 23.4 Å². The minimum absolute atomic E-state index is 0.0812. The van der Waals surface area contributed by atoms with E-state index in [4.69, 9.17) is 24.6 Å². The molecule has 3 aliphatic rings. The van der Waals surface area contributed by atoms with Crippen molar-refractivity contribution in [2.45, 2.75) is 66.6 Å². The van der Waals surface area contributed by atoms with Crippen LogP contribution in [0.15, 0.2) is 137 Å². The number of hydrogen-bond acceptors (Lipinski definition) is 17. The lowest BCUT2D eigenvalue weighted by Gasteiger charge is -2.27. The van der Waals surface area contributed by atoms with Gasteiger partial charge in [0, 0.05) is 120 Å². The van der Waals surface area contributed by atoms with Crippen molar-refractivity contribution in [2.24, 2.45) is 0 Å². The minimum Gasteiger partial charge on any atom is -0.492 e. The van der Waals surface area contributed by atoms with Crippen molar-refractivity contribution >= 4 is 86.0 Å². The molecule has 1 unspecified atom stereocenters. The van der Waals surface area contributed by atoms with Gasteiger partial charge in [0.1, 0.15) is 35.3 Å². The number of aromatic nitrogens is 8. The van der Waals surface area contributed by atoms with Gasteiger partial charge in [-0.1, -0.05) is 32.0 Å². The first-order valence-corrected chi connectivity index (χ1v) is 32.8. The number of nitrogens with one attached hydrogen (secondary N) is 7. The maximum Gasteiger partial charge on any atom is 0.416 e. The summed E-state index contributed by atoms with van der Waals surface area (Å²) in [5.74, 6) is -1.30. The van der Waals surface area contributed by atoms with Crippen LogP contribution in [0, 0.1) is 25.5 Å². The summed E-state index contributed by atoms with van der Waals surface area (Å²) in [5, 5.41) is 28.2. The van der Waals surface area contributed by atoms with Crippen molar-refractivity contribution in [3.63, 3.8) is 0 Å². The zero-order valence-corrected chi connectivity index (χ0v) is 56.4. The largest absolute Gasteiger partial charge is 0.492 e. The van der Waals surface area contributed by atoms with E-state index in [1.54, 1.807) is 72.9 Å². The van der Waals surface area contributed by atoms with E-state index in [2.05, 4.69) is 85.7 Å². The third-order valence-corrected chi connectivity index (χ3v) is 17.4. The molecule has 1 atom stereocenters. The van der Waals surface area contributed by atoms with Gasteiger partial charge in [-0.05, 0) is 141 Å². The lowest BCUT2D eigenvalue weighted by molar-refractivity contribution is -0.137. The van der Waals surface area contributed by atoms with Crippen LogP contribution in [-0.2, 0) is 31.8 Å². The molecule has 0 aliphatic carbocycles. The molecule has 0 radical (unpaired) electrons. The number of alkyl halides is 3. The number of H-pyrrole nitrogens is 2. The van der Waals surface area contributed by atoms with Crippen molar-refractivity contribution in [1.82, 2.24) is 60.5 Å². The average Bonchev–Trinajstić information content (AvgIpc) is 1.56. The number of halogens is 5. The second-order valence-corrected chi connectivity index (χ2v) is 24.0. The number of nitrogen functional groups attached to an aromatic ring is 1. The summed E-state index contributed by atoms with van der Waals surface area (Å²) in [7, 11) is 0. The number of imidazole rings is 1. The van der Waals surface area contributed by atoms with Crippen LogP contribution in [-0.4, -0.2) is 145 Å². The number of aromatic amines is 2. The molecular weight excluding hydrogens is 1330 g/mol. The minimum atomic E-state index is -4.50. The van der Waals surface area contributed by atoms with Crippen molar-refractivity contribution in [1.29, 1.82) is 0 Å². The third-order valence-electron chi connectivity index (χ3n) is 17.4. The van der Waals surface area contributed by atoms with Crippen LogP contribution in [0.3, 0.4) is 0 Å². The Kier molecular flexibility index (Phi) is 22.3. The number of carbonyl (C=O) groups is 5. The molecular formula is C72H73F5N16O9. The maximum atomic E-state index is 14.4. The molecule has 5 aromatic carbocycles. The number of amides is 5. The SMILES string of the molecule is CC1=C(C(=O)Nc2cc3cn[nH]c3cc2F)C(c2ccc(C(F)(F)F)cc2)CC(=O)N1.CCN(CC)CCNC(=O)c1c(C)[nH]c(/C=C2\C(=O)Nc3ccc(F)cc32)c1C.CCn1c(-c2nonc2N)nc2cnc(Oc3cccc(NC(=O)c4ccc(OCCN5CCOCC5)cc4)c3)cc21. The topological polar surface area (TPSA) is 320 Å². The Balaban J connectivity index is 0.000000157. The number of hydrogen-bond donors (Lipinski definition) is 8. The van der Waals surface area contributed by atoms with E-state index in [1.807, 2.05) is 25.3 Å². The Morgan fingerprint density at radius 3 is 2.32 bits per heavy atom. The first kappa shape index (κ1) is 71.6. The number of rotatable bonds is 20. The summed E-state index contributed by atoms with van der Waals surface area (Å²) >= 11 is 0. The van der Waals surface area contributed by atoms with Crippen molar-refractivity contribution in [3.8, 4) is 28.9 Å². The second-order valence-electron chi connectivity index (χ2n) is 24.0. The number of nitrogens with two attached hydrogens (primary N) is 1. The highest BCUT2D eigenvalue weighted by atomic mass is 19.4. The van der Waals surface area contributed by atoms with Gasteiger partial charge < -0.3 is 61.0 Å². The molecule has 5 amide bonds. The van der Waals surface area contributed by atoms with Crippen LogP contribution in [0.4, 0.5) is 44.8 Å². The summed E-state index contributed by atoms with van der Waals surface area (Å²) in [6.07, 6.45) is 0.133. The fraction of sp³-hybridized carbons (Fsp3) is 0.278. The Labute approximate surface area is 581 Å². The number of nitrogens with zero attached hydrogens (tertiary/aromatic N) is 8. The van der Waals surface area contributed by atoms with E-state index in [0.29, 0.717) is 104 Å². The Bertz CT molecular complexity index is 4800. The fourth-order valence-electron chi connectivity index (χ4n) is 12.0. The predicted octanol–water partition coefficient (Wildman–Crippen LogP) is 11.4. The third kappa shape index (κ3) is 16.8. The number of aryl methyl sites for hydroxylation is 2. The van der Waals surface area contributed by atoms with E-state index in [1.165, 1.54) is 49.5 Å². The smallest absolute Gasteiger partial charge is 0.416 e. The fourth-order valence-corrected chi connectivity index (χ4v) is 12.0.